The van der Waals surface area contributed by atoms with E-state index in [0.29, 0.717) is 21.7 Å². The van der Waals surface area contributed by atoms with Crippen molar-refractivity contribution in [1.29, 1.82) is 0 Å². The molecule has 3 nitrogen and oxygen atoms in total. The molecule has 3 heterocycles. The normalized spacial score (nSPS) is 12.9. The molecule has 0 amide bonds. The van der Waals surface area contributed by atoms with E-state index in [1.807, 2.05) is 40.0 Å². The molecule has 43 heavy (non-hydrogen) atoms. The Hall–Kier alpha value is -2.23. The number of ketones is 1. The van der Waals surface area contributed by atoms with Gasteiger partial charge in [0.15, 0.2) is 5.78 Å². The standard InChI is InChI=1S/C23H13BNSe2.C13H24O2.Ir/c1-2-11-19-16(8-1)24-17-9-5-7-15(18-10-3-4-14-25-18)23(17)27-21-13-6-12-20(26-19)22(21)24;1-5-10(6-2)12(14)9-13(15)11(7-3)8-4;/h1-6,8-14H;9-11,14H,5-8H2,1-4H3;/q-1;;/b;12-9-;. The van der Waals surface area contributed by atoms with Crippen molar-refractivity contribution in [3.05, 3.63) is 96.9 Å². The molecule has 0 aliphatic carbocycles. The zero-order valence-electron chi connectivity index (χ0n) is 25.1. The van der Waals surface area contributed by atoms with Gasteiger partial charge in [-0.1, -0.05) is 27.7 Å². The van der Waals surface area contributed by atoms with Crippen molar-refractivity contribution in [2.45, 2.75) is 53.4 Å². The molecule has 0 unspecified atom stereocenters. The van der Waals surface area contributed by atoms with Crippen LogP contribution in [-0.4, -0.2) is 52.5 Å². The van der Waals surface area contributed by atoms with Gasteiger partial charge in [0.1, 0.15) is 0 Å². The fourth-order valence-electron chi connectivity index (χ4n) is 5.82. The third-order valence-electron chi connectivity index (χ3n) is 8.27. The predicted octanol–water partition coefficient (Wildman–Crippen LogP) is 2.87. The second-order valence-electron chi connectivity index (χ2n) is 10.7. The molecule has 7 heteroatoms. The Balaban J connectivity index is 0.000000230. The van der Waals surface area contributed by atoms with Crippen LogP contribution in [0.5, 0.6) is 0 Å². The van der Waals surface area contributed by atoms with Gasteiger partial charge in [0.2, 0.25) is 0 Å². The van der Waals surface area contributed by atoms with E-state index in [1.165, 1.54) is 36.0 Å². The van der Waals surface area contributed by atoms with Crippen LogP contribution in [0.3, 0.4) is 0 Å². The van der Waals surface area contributed by atoms with Crippen molar-refractivity contribution >= 4 is 76.6 Å². The van der Waals surface area contributed by atoms with Crippen molar-refractivity contribution in [1.82, 2.24) is 4.98 Å². The first kappa shape index (κ1) is 33.7. The molecule has 3 aromatic carbocycles. The Labute approximate surface area is 283 Å². The third-order valence-corrected chi connectivity index (χ3v) is 13.3. The Morgan fingerprint density at radius 1 is 0.837 bits per heavy atom. The van der Waals surface area contributed by atoms with Gasteiger partial charge in [0.25, 0.3) is 0 Å². The topological polar surface area (TPSA) is 50.2 Å². The number of rotatable bonds is 8. The second-order valence-corrected chi connectivity index (χ2v) is 15.2. The number of pyridine rings is 1. The molecular weight excluding hydrogens is 839 g/mol. The number of benzene rings is 3. The van der Waals surface area contributed by atoms with Gasteiger partial charge in [0.05, 0.1) is 5.76 Å². The van der Waals surface area contributed by atoms with E-state index in [0.717, 1.165) is 31.4 Å². The van der Waals surface area contributed by atoms with E-state index < -0.39 is 0 Å². The van der Waals surface area contributed by atoms with Crippen molar-refractivity contribution in [2.24, 2.45) is 11.8 Å². The minimum atomic E-state index is 0. The second kappa shape index (κ2) is 15.7. The molecule has 0 saturated carbocycles. The van der Waals surface area contributed by atoms with Crippen LogP contribution < -0.4 is 34.2 Å². The fraction of sp³-hybridized carbons (Fsp3) is 0.278. The fourth-order valence-corrected chi connectivity index (χ4v) is 11.3. The van der Waals surface area contributed by atoms with Crippen molar-refractivity contribution in [2.75, 3.05) is 0 Å². The summed E-state index contributed by atoms with van der Waals surface area (Å²) in [6, 6.07) is 30.0. The van der Waals surface area contributed by atoms with E-state index in [4.69, 9.17) is 0 Å². The average Bonchev–Trinajstić information content (AvgIpc) is 3.02. The predicted molar refractivity (Wildman–Crippen MR) is 180 cm³/mol. The quantitative estimate of drug-likeness (QED) is 0.111. The number of aromatic nitrogens is 1. The molecule has 1 radical (unpaired) electrons. The van der Waals surface area contributed by atoms with Gasteiger partial charge in [-0.25, -0.2) is 0 Å². The summed E-state index contributed by atoms with van der Waals surface area (Å²) < 4.78 is 6.06. The molecule has 223 valence electrons. The van der Waals surface area contributed by atoms with Gasteiger partial charge in [-0.15, -0.1) is 0 Å². The van der Waals surface area contributed by atoms with E-state index >= 15 is 0 Å². The molecule has 0 saturated heterocycles. The number of carbonyl (C=O) groups excluding carboxylic acids is 1. The van der Waals surface area contributed by atoms with Crippen LogP contribution in [0.25, 0.3) is 11.3 Å². The molecule has 0 bridgehead atoms. The number of carbonyl (C=O) groups is 1. The summed E-state index contributed by atoms with van der Waals surface area (Å²) in [4.78, 5) is 16.3. The third kappa shape index (κ3) is 7.20. The molecule has 1 aromatic heterocycles. The van der Waals surface area contributed by atoms with Crippen LogP contribution in [0.1, 0.15) is 53.4 Å². The molecule has 4 aromatic rings. The van der Waals surface area contributed by atoms with E-state index in [2.05, 4.69) is 77.8 Å². The summed E-state index contributed by atoms with van der Waals surface area (Å²) in [5.41, 5.74) is 6.74. The van der Waals surface area contributed by atoms with Crippen LogP contribution in [0, 0.1) is 17.9 Å². The number of hydrogen-bond donors (Lipinski definition) is 1. The average molecular weight is 877 g/mol. The van der Waals surface area contributed by atoms with Gasteiger partial charge in [-0.05, 0) is 25.7 Å². The molecule has 0 fully saturated rings. The summed E-state index contributed by atoms with van der Waals surface area (Å²) in [5.74, 6) is 0.547. The summed E-state index contributed by atoms with van der Waals surface area (Å²) in [6.07, 6.45) is 6.78. The number of hydrogen-bond acceptors (Lipinski definition) is 3. The van der Waals surface area contributed by atoms with E-state index in [1.54, 1.807) is 9.92 Å². The van der Waals surface area contributed by atoms with Gasteiger partial charge in [0, 0.05) is 38.0 Å². The van der Waals surface area contributed by atoms with Crippen LogP contribution in [-0.2, 0) is 24.9 Å². The van der Waals surface area contributed by atoms with Crippen LogP contribution >= 0.6 is 0 Å². The van der Waals surface area contributed by atoms with E-state index in [-0.39, 0.29) is 58.4 Å². The van der Waals surface area contributed by atoms with Gasteiger partial charge in [-0.3, -0.25) is 4.79 Å². The van der Waals surface area contributed by atoms with Crippen LogP contribution in [0.4, 0.5) is 0 Å². The van der Waals surface area contributed by atoms with Crippen molar-refractivity contribution < 1.29 is 30.0 Å². The monoisotopic (exact) mass is 879 g/mol. The zero-order chi connectivity index (χ0) is 29.6. The van der Waals surface area contributed by atoms with Crippen molar-refractivity contribution in [3.63, 3.8) is 0 Å². The Morgan fingerprint density at radius 2 is 1.49 bits per heavy atom. The number of aliphatic hydroxyl groups is 1. The van der Waals surface area contributed by atoms with Gasteiger partial charge in [-0.2, -0.15) is 0 Å². The summed E-state index contributed by atoms with van der Waals surface area (Å²) in [7, 11) is 0. The Bertz CT molecular complexity index is 1590. The van der Waals surface area contributed by atoms with E-state index in [9.17, 15) is 9.90 Å². The molecule has 1 N–H and O–H groups in total. The molecule has 6 rings (SSSR count). The first-order valence-electron chi connectivity index (χ1n) is 15.0. The van der Waals surface area contributed by atoms with Gasteiger partial charge >= 0.3 is 172 Å². The maximum absolute atomic E-state index is 11.7. The van der Waals surface area contributed by atoms with Gasteiger partial charge < -0.3 is 5.11 Å². The summed E-state index contributed by atoms with van der Waals surface area (Å²) >= 11 is 0.681. The summed E-state index contributed by atoms with van der Waals surface area (Å²) in [5, 5.41) is 9.76. The molecule has 2 aliphatic heterocycles. The molecule has 0 spiro atoms. The first-order valence-corrected chi connectivity index (χ1v) is 18.4. The number of nitrogens with zero attached hydrogens (tertiary/aromatic N) is 1. The number of aliphatic hydroxyl groups excluding tert-OH is 1. The van der Waals surface area contributed by atoms with Crippen LogP contribution in [0.2, 0.25) is 0 Å². The number of allylic oxidation sites excluding steroid dienone is 2. The van der Waals surface area contributed by atoms with Crippen LogP contribution in [0.15, 0.2) is 90.8 Å². The zero-order valence-corrected chi connectivity index (χ0v) is 30.9. The number of fused-ring (bicyclic) bond motifs is 4. The Kier molecular flexibility index (Phi) is 12.3. The SMILES string of the molecule is CCC(CC)C(=O)/C=C(\O)C(CC)CC.[Ir].[c-]1ccc2c(c1-c1ccccn1)[Se]c1cccc3c1B2c1ccccc1[Se]3. The Morgan fingerprint density at radius 3 is 2.16 bits per heavy atom. The first-order chi connectivity index (χ1) is 20.5. The molecule has 2 aliphatic rings. The minimum absolute atomic E-state index is 0. The molecule has 0 atom stereocenters. The molecular formula is C36H37BIrNO2Se2-. The van der Waals surface area contributed by atoms with Crippen molar-refractivity contribution in [3.8, 4) is 11.3 Å². The maximum atomic E-state index is 11.7. The summed E-state index contributed by atoms with van der Waals surface area (Å²) in [6.45, 7) is 8.42.